The highest BCUT2D eigenvalue weighted by atomic mass is 79.9. The van der Waals surface area contributed by atoms with Gasteiger partial charge in [0.25, 0.3) is 0 Å². The molecular formula is C9H9BrN4O2. The van der Waals surface area contributed by atoms with E-state index in [0.29, 0.717) is 5.82 Å². The molecule has 0 aliphatic heterocycles. The van der Waals surface area contributed by atoms with Gasteiger partial charge in [-0.25, -0.2) is 0 Å². The lowest BCUT2D eigenvalue weighted by atomic mass is 10.3. The molecule has 0 aliphatic carbocycles. The normalized spacial score (nSPS) is 12.7. The van der Waals surface area contributed by atoms with Gasteiger partial charge >= 0.3 is 0 Å². The van der Waals surface area contributed by atoms with Gasteiger partial charge in [0, 0.05) is 22.4 Å². The van der Waals surface area contributed by atoms with E-state index < -0.39 is 6.04 Å². The molecule has 2 aromatic heterocycles. The monoisotopic (exact) mass is 284 g/mol. The molecule has 84 valence electrons. The maximum Gasteiger partial charge on any atom is 0.246 e. The fourth-order valence-electron chi connectivity index (χ4n) is 1.12. The predicted octanol–water partition coefficient (Wildman–Crippen LogP) is 0.886. The van der Waals surface area contributed by atoms with E-state index in [-0.39, 0.29) is 12.5 Å². The zero-order valence-corrected chi connectivity index (χ0v) is 9.75. The molecule has 0 fully saturated rings. The van der Waals surface area contributed by atoms with Crippen LogP contribution in [-0.4, -0.2) is 26.8 Å². The fourth-order valence-corrected chi connectivity index (χ4v) is 1.48. The molecule has 3 N–H and O–H groups in total. The van der Waals surface area contributed by atoms with Crippen molar-refractivity contribution in [1.29, 1.82) is 0 Å². The number of aromatic nitrogens is 3. The minimum absolute atomic E-state index is 0.206. The van der Waals surface area contributed by atoms with Crippen LogP contribution in [-0.2, 0) is 0 Å². The van der Waals surface area contributed by atoms with Gasteiger partial charge < -0.3 is 15.4 Å². The summed E-state index contributed by atoms with van der Waals surface area (Å²) in [5.41, 5.74) is 6.26. The molecule has 0 saturated carbocycles. The topological polar surface area (TPSA) is 98.1 Å². The maximum absolute atomic E-state index is 8.84. The third-order valence-electron chi connectivity index (χ3n) is 1.92. The second-order valence-electron chi connectivity index (χ2n) is 3.14. The van der Waals surface area contributed by atoms with E-state index in [9.17, 15) is 0 Å². The van der Waals surface area contributed by atoms with Crippen LogP contribution < -0.4 is 5.73 Å². The van der Waals surface area contributed by atoms with Crippen LogP contribution >= 0.6 is 15.9 Å². The molecule has 0 saturated heterocycles. The quantitative estimate of drug-likeness (QED) is 0.869. The Morgan fingerprint density at radius 1 is 1.50 bits per heavy atom. The van der Waals surface area contributed by atoms with Crippen molar-refractivity contribution < 1.29 is 9.63 Å². The van der Waals surface area contributed by atoms with E-state index >= 15 is 0 Å². The molecule has 0 radical (unpaired) electrons. The molecule has 6 nitrogen and oxygen atoms in total. The van der Waals surface area contributed by atoms with E-state index in [1.165, 1.54) is 0 Å². The van der Waals surface area contributed by atoms with Crippen molar-refractivity contribution in [3.05, 3.63) is 28.8 Å². The highest BCUT2D eigenvalue weighted by Crippen LogP contribution is 2.20. The van der Waals surface area contributed by atoms with Crippen LogP contribution in [0.25, 0.3) is 11.4 Å². The second kappa shape index (κ2) is 4.69. The molecule has 2 rings (SSSR count). The zero-order valence-electron chi connectivity index (χ0n) is 8.17. The number of hydrogen-bond acceptors (Lipinski definition) is 6. The van der Waals surface area contributed by atoms with Crippen molar-refractivity contribution in [3.8, 4) is 11.4 Å². The van der Waals surface area contributed by atoms with Gasteiger partial charge in [-0.2, -0.15) is 4.98 Å². The van der Waals surface area contributed by atoms with E-state index in [2.05, 4.69) is 31.1 Å². The summed E-state index contributed by atoms with van der Waals surface area (Å²) in [6.07, 6.45) is 3.27. The Kier molecular flexibility index (Phi) is 3.28. The average Bonchev–Trinajstić information content (AvgIpc) is 2.77. The maximum atomic E-state index is 8.84. The molecule has 0 aliphatic rings. The van der Waals surface area contributed by atoms with Gasteiger partial charge in [0.15, 0.2) is 0 Å². The molecule has 0 spiro atoms. The fraction of sp³-hybridized carbons (Fsp3) is 0.222. The molecule has 16 heavy (non-hydrogen) atoms. The Labute approximate surface area is 99.6 Å². The third-order valence-corrected chi connectivity index (χ3v) is 2.35. The Hall–Kier alpha value is -1.31. The number of rotatable bonds is 3. The number of aliphatic hydroxyl groups excluding tert-OH is 1. The van der Waals surface area contributed by atoms with Crippen LogP contribution in [0, 0.1) is 0 Å². The summed E-state index contributed by atoms with van der Waals surface area (Å²) in [5, 5.41) is 12.6. The van der Waals surface area contributed by atoms with Gasteiger partial charge in [-0.1, -0.05) is 5.16 Å². The Bertz CT molecular complexity index is 488. The highest BCUT2D eigenvalue weighted by molar-refractivity contribution is 9.10. The van der Waals surface area contributed by atoms with E-state index in [4.69, 9.17) is 15.4 Å². The Balaban J connectivity index is 2.31. The Morgan fingerprint density at radius 2 is 2.31 bits per heavy atom. The number of hydrogen-bond donors (Lipinski definition) is 2. The zero-order chi connectivity index (χ0) is 11.5. The van der Waals surface area contributed by atoms with Crippen molar-refractivity contribution in [2.75, 3.05) is 6.61 Å². The minimum Gasteiger partial charge on any atom is -0.394 e. The molecule has 7 heteroatoms. The summed E-state index contributed by atoms with van der Waals surface area (Å²) in [4.78, 5) is 8.05. The SMILES string of the molecule is N[C@@H](CO)c1nc(-c2cncc(Br)c2)no1. The number of aliphatic hydroxyl groups is 1. The van der Waals surface area contributed by atoms with Gasteiger partial charge in [0.05, 0.1) is 6.61 Å². The van der Waals surface area contributed by atoms with Crippen molar-refractivity contribution in [1.82, 2.24) is 15.1 Å². The van der Waals surface area contributed by atoms with Crippen molar-refractivity contribution >= 4 is 15.9 Å². The summed E-state index contributed by atoms with van der Waals surface area (Å²) in [6.45, 7) is -0.238. The van der Waals surface area contributed by atoms with E-state index in [1.807, 2.05) is 6.07 Å². The van der Waals surface area contributed by atoms with Crippen LogP contribution in [0.15, 0.2) is 27.5 Å². The summed E-state index contributed by atoms with van der Waals surface area (Å²) in [7, 11) is 0. The van der Waals surface area contributed by atoms with Gasteiger partial charge in [-0.3, -0.25) is 4.98 Å². The first kappa shape index (κ1) is 11.2. The number of pyridine rings is 1. The van der Waals surface area contributed by atoms with Crippen molar-refractivity contribution in [2.24, 2.45) is 5.73 Å². The lowest BCUT2D eigenvalue weighted by Crippen LogP contribution is -2.14. The van der Waals surface area contributed by atoms with Crippen LogP contribution in [0.3, 0.4) is 0 Å². The second-order valence-corrected chi connectivity index (χ2v) is 4.05. The summed E-state index contributed by atoms with van der Waals surface area (Å²) >= 11 is 3.30. The van der Waals surface area contributed by atoms with Crippen molar-refractivity contribution in [3.63, 3.8) is 0 Å². The molecule has 2 aromatic rings. The lowest BCUT2D eigenvalue weighted by Gasteiger charge is -1.98. The number of nitrogens with zero attached hydrogens (tertiary/aromatic N) is 3. The standard InChI is InChI=1S/C9H9BrN4O2/c10-6-1-5(2-12-3-6)8-13-9(16-14-8)7(11)4-15/h1-3,7,15H,4,11H2/t7-/m0/s1. The molecule has 2 heterocycles. The van der Waals surface area contributed by atoms with E-state index in [1.54, 1.807) is 12.4 Å². The molecule has 1 atom stereocenters. The first-order valence-corrected chi connectivity index (χ1v) is 5.31. The largest absolute Gasteiger partial charge is 0.394 e. The van der Waals surface area contributed by atoms with Gasteiger partial charge in [0.2, 0.25) is 11.7 Å². The highest BCUT2D eigenvalue weighted by Gasteiger charge is 2.14. The van der Waals surface area contributed by atoms with Crippen LogP contribution in [0.1, 0.15) is 11.9 Å². The molecule has 0 aromatic carbocycles. The average molecular weight is 285 g/mol. The summed E-state index contributed by atoms with van der Waals surface area (Å²) in [5.74, 6) is 0.602. The first-order chi connectivity index (χ1) is 7.70. The van der Waals surface area contributed by atoms with Crippen molar-refractivity contribution in [2.45, 2.75) is 6.04 Å². The van der Waals surface area contributed by atoms with Crippen LogP contribution in [0.2, 0.25) is 0 Å². The molecular weight excluding hydrogens is 276 g/mol. The minimum atomic E-state index is -0.652. The smallest absolute Gasteiger partial charge is 0.246 e. The number of nitrogens with two attached hydrogens (primary N) is 1. The third kappa shape index (κ3) is 2.26. The Morgan fingerprint density at radius 3 is 3.00 bits per heavy atom. The van der Waals surface area contributed by atoms with Crippen LogP contribution in [0.5, 0.6) is 0 Å². The first-order valence-electron chi connectivity index (χ1n) is 4.51. The van der Waals surface area contributed by atoms with Gasteiger partial charge in [-0.15, -0.1) is 0 Å². The molecule has 0 amide bonds. The lowest BCUT2D eigenvalue weighted by molar-refractivity contribution is 0.237. The molecule has 0 bridgehead atoms. The van der Waals surface area contributed by atoms with Gasteiger partial charge in [0.1, 0.15) is 6.04 Å². The molecule has 0 unspecified atom stereocenters. The van der Waals surface area contributed by atoms with E-state index in [0.717, 1.165) is 10.0 Å². The summed E-state index contributed by atoms with van der Waals surface area (Å²) in [6, 6.07) is 1.16. The number of halogens is 1. The summed E-state index contributed by atoms with van der Waals surface area (Å²) < 4.78 is 5.74. The van der Waals surface area contributed by atoms with Crippen LogP contribution in [0.4, 0.5) is 0 Å². The predicted molar refractivity (Wildman–Crippen MR) is 59.2 cm³/mol. The van der Waals surface area contributed by atoms with Gasteiger partial charge in [-0.05, 0) is 22.0 Å².